The molecule has 2 nitrogen and oxygen atoms in total. The van der Waals surface area contributed by atoms with Crippen LogP contribution in [0.5, 0.6) is 0 Å². The molecule has 22 heavy (non-hydrogen) atoms. The molecule has 2 heteroatoms. The molecule has 2 aromatic rings. The monoisotopic (exact) mass is 293 g/mol. The molecule has 4 rings (SSSR count). The molecule has 114 valence electrons. The van der Waals surface area contributed by atoms with Crippen LogP contribution in [0.15, 0.2) is 54.6 Å². The topological polar surface area (TPSA) is 12.5 Å². The number of rotatable bonds is 2. The van der Waals surface area contributed by atoms with Gasteiger partial charge in [0.05, 0.1) is 5.60 Å². The van der Waals surface area contributed by atoms with Gasteiger partial charge in [0.15, 0.2) is 0 Å². The molecule has 1 spiro atoms. The van der Waals surface area contributed by atoms with Crippen molar-refractivity contribution in [3.8, 4) is 0 Å². The van der Waals surface area contributed by atoms with Crippen molar-refractivity contribution in [3.63, 3.8) is 0 Å². The summed E-state index contributed by atoms with van der Waals surface area (Å²) in [6.07, 6.45) is 2.29. The van der Waals surface area contributed by atoms with Crippen molar-refractivity contribution in [1.82, 2.24) is 4.90 Å². The van der Waals surface area contributed by atoms with Crippen LogP contribution in [0.4, 0.5) is 0 Å². The van der Waals surface area contributed by atoms with Gasteiger partial charge in [-0.3, -0.25) is 0 Å². The summed E-state index contributed by atoms with van der Waals surface area (Å²) in [7, 11) is 0. The van der Waals surface area contributed by atoms with Gasteiger partial charge in [-0.2, -0.15) is 0 Å². The van der Waals surface area contributed by atoms with Crippen LogP contribution in [-0.4, -0.2) is 24.5 Å². The first-order valence-electron chi connectivity index (χ1n) is 8.37. The van der Waals surface area contributed by atoms with Crippen LogP contribution < -0.4 is 0 Å². The molecule has 0 amide bonds. The van der Waals surface area contributed by atoms with E-state index in [9.17, 15) is 0 Å². The van der Waals surface area contributed by atoms with Crippen molar-refractivity contribution < 1.29 is 4.74 Å². The van der Waals surface area contributed by atoms with Gasteiger partial charge in [0.1, 0.15) is 6.10 Å². The number of hydrogen-bond acceptors (Lipinski definition) is 2. The minimum Gasteiger partial charge on any atom is -0.358 e. The van der Waals surface area contributed by atoms with Gasteiger partial charge in [-0.25, -0.2) is 0 Å². The summed E-state index contributed by atoms with van der Waals surface area (Å²) in [5, 5.41) is 0. The Hall–Kier alpha value is -1.64. The second-order valence-corrected chi connectivity index (χ2v) is 6.42. The molecule has 0 aliphatic carbocycles. The zero-order valence-electron chi connectivity index (χ0n) is 13.2. The Morgan fingerprint density at radius 3 is 2.41 bits per heavy atom. The standard InChI is InChI=1S/C20H23NO/c1-2-21-14-12-20(13-15-21)18-11-7-6-10-17(18)19(22-20)16-8-4-3-5-9-16/h3-11,19H,2,12-15H2,1H3. The SMILES string of the molecule is CCN1CCC2(CC1)OC(c1ccccc1)c1ccccc12. The van der Waals surface area contributed by atoms with Crippen molar-refractivity contribution in [2.75, 3.05) is 19.6 Å². The second kappa shape index (κ2) is 5.53. The molecule has 2 aliphatic rings. The van der Waals surface area contributed by atoms with Crippen LogP contribution in [-0.2, 0) is 10.3 Å². The van der Waals surface area contributed by atoms with Crippen molar-refractivity contribution in [3.05, 3.63) is 71.3 Å². The lowest BCUT2D eigenvalue weighted by atomic mass is 9.83. The Morgan fingerprint density at radius 1 is 1.00 bits per heavy atom. The zero-order valence-corrected chi connectivity index (χ0v) is 13.2. The first kappa shape index (κ1) is 14.0. The summed E-state index contributed by atoms with van der Waals surface area (Å²) >= 11 is 0. The van der Waals surface area contributed by atoms with E-state index in [1.54, 1.807) is 0 Å². The van der Waals surface area contributed by atoms with E-state index in [1.807, 2.05) is 0 Å². The average Bonchev–Trinajstić information content (AvgIpc) is 2.91. The summed E-state index contributed by atoms with van der Waals surface area (Å²) in [6.45, 7) is 5.65. The molecular weight excluding hydrogens is 270 g/mol. The molecule has 1 atom stereocenters. The van der Waals surface area contributed by atoms with Gasteiger partial charge in [0.2, 0.25) is 0 Å². The number of likely N-dealkylation sites (tertiary alicyclic amines) is 1. The minimum absolute atomic E-state index is 0.0806. The molecule has 1 fully saturated rings. The van der Waals surface area contributed by atoms with Crippen LogP contribution in [0, 0.1) is 0 Å². The van der Waals surface area contributed by atoms with E-state index in [-0.39, 0.29) is 11.7 Å². The van der Waals surface area contributed by atoms with Crippen LogP contribution in [0.3, 0.4) is 0 Å². The van der Waals surface area contributed by atoms with Gasteiger partial charge < -0.3 is 9.64 Å². The number of hydrogen-bond donors (Lipinski definition) is 0. The highest BCUT2D eigenvalue weighted by atomic mass is 16.5. The smallest absolute Gasteiger partial charge is 0.109 e. The van der Waals surface area contributed by atoms with Crippen LogP contribution in [0.25, 0.3) is 0 Å². The average molecular weight is 293 g/mol. The second-order valence-electron chi connectivity index (χ2n) is 6.42. The summed E-state index contributed by atoms with van der Waals surface area (Å²) in [6, 6.07) is 19.5. The molecule has 0 radical (unpaired) electrons. The molecule has 2 heterocycles. The van der Waals surface area contributed by atoms with E-state index in [2.05, 4.69) is 66.4 Å². The van der Waals surface area contributed by atoms with E-state index in [0.29, 0.717) is 0 Å². The fourth-order valence-electron chi connectivity index (χ4n) is 3.99. The highest BCUT2D eigenvalue weighted by molar-refractivity contribution is 5.43. The quantitative estimate of drug-likeness (QED) is 0.826. The Kier molecular flexibility index (Phi) is 3.51. The number of benzene rings is 2. The Labute approximate surface area is 132 Å². The minimum atomic E-state index is -0.0806. The van der Waals surface area contributed by atoms with Gasteiger partial charge in [0, 0.05) is 13.1 Å². The number of ether oxygens (including phenoxy) is 1. The Morgan fingerprint density at radius 2 is 1.68 bits per heavy atom. The fraction of sp³-hybridized carbons (Fsp3) is 0.400. The Bertz CT molecular complexity index is 644. The number of nitrogens with zero attached hydrogens (tertiary/aromatic N) is 1. The van der Waals surface area contributed by atoms with Crippen molar-refractivity contribution in [2.24, 2.45) is 0 Å². The lowest BCUT2D eigenvalue weighted by Gasteiger charge is -2.39. The molecule has 0 saturated carbocycles. The molecule has 0 N–H and O–H groups in total. The van der Waals surface area contributed by atoms with Crippen LogP contribution >= 0.6 is 0 Å². The molecule has 1 unspecified atom stereocenters. The van der Waals surface area contributed by atoms with E-state index < -0.39 is 0 Å². The first-order chi connectivity index (χ1) is 10.8. The maximum atomic E-state index is 6.71. The number of fused-ring (bicyclic) bond motifs is 2. The third-order valence-corrected chi connectivity index (χ3v) is 5.29. The highest BCUT2D eigenvalue weighted by Crippen LogP contribution is 2.51. The maximum Gasteiger partial charge on any atom is 0.109 e. The van der Waals surface area contributed by atoms with E-state index in [1.165, 1.54) is 16.7 Å². The predicted molar refractivity (Wildman–Crippen MR) is 88.8 cm³/mol. The zero-order chi connectivity index (χ0) is 15.0. The molecular formula is C20H23NO. The molecule has 2 aliphatic heterocycles. The lowest BCUT2D eigenvalue weighted by Crippen LogP contribution is -2.42. The van der Waals surface area contributed by atoms with Gasteiger partial charge >= 0.3 is 0 Å². The van der Waals surface area contributed by atoms with Crippen molar-refractivity contribution >= 4 is 0 Å². The van der Waals surface area contributed by atoms with Gasteiger partial charge in [-0.15, -0.1) is 0 Å². The number of piperidine rings is 1. The van der Waals surface area contributed by atoms with Gasteiger partial charge in [-0.1, -0.05) is 61.5 Å². The molecule has 2 aromatic carbocycles. The summed E-state index contributed by atoms with van der Waals surface area (Å²) in [5.41, 5.74) is 3.96. The predicted octanol–water partition coefficient (Wildman–Crippen LogP) is 4.12. The summed E-state index contributed by atoms with van der Waals surface area (Å²) < 4.78 is 6.71. The van der Waals surface area contributed by atoms with Crippen molar-refractivity contribution in [1.29, 1.82) is 0 Å². The van der Waals surface area contributed by atoms with Crippen molar-refractivity contribution in [2.45, 2.75) is 31.5 Å². The molecule has 0 aromatic heterocycles. The van der Waals surface area contributed by atoms with E-state index in [4.69, 9.17) is 4.74 Å². The van der Waals surface area contributed by atoms with Gasteiger partial charge in [0.25, 0.3) is 0 Å². The fourth-order valence-corrected chi connectivity index (χ4v) is 3.99. The summed E-state index contributed by atoms with van der Waals surface area (Å²) in [5.74, 6) is 0. The lowest BCUT2D eigenvalue weighted by molar-refractivity contribution is -0.0962. The van der Waals surface area contributed by atoms with Crippen LogP contribution in [0.1, 0.15) is 42.6 Å². The van der Waals surface area contributed by atoms with E-state index >= 15 is 0 Å². The largest absolute Gasteiger partial charge is 0.358 e. The maximum absolute atomic E-state index is 6.71. The first-order valence-corrected chi connectivity index (χ1v) is 8.37. The van der Waals surface area contributed by atoms with Crippen LogP contribution in [0.2, 0.25) is 0 Å². The third-order valence-electron chi connectivity index (χ3n) is 5.29. The Balaban J connectivity index is 1.72. The third kappa shape index (κ3) is 2.18. The summed E-state index contributed by atoms with van der Waals surface area (Å²) in [4.78, 5) is 2.52. The molecule has 1 saturated heterocycles. The van der Waals surface area contributed by atoms with Gasteiger partial charge in [-0.05, 0) is 36.1 Å². The highest BCUT2D eigenvalue weighted by Gasteiger charge is 2.46. The normalized spacial score (nSPS) is 23.6. The molecule has 0 bridgehead atoms. The van der Waals surface area contributed by atoms with E-state index in [0.717, 1.165) is 32.5 Å².